The van der Waals surface area contributed by atoms with Crippen molar-refractivity contribution in [3.05, 3.63) is 17.6 Å². The molecule has 18 heavy (non-hydrogen) atoms. The Balaban J connectivity index is 1.95. The number of fused-ring (bicyclic) bond motifs is 1. The number of anilines is 1. The molecular formula is C14H23N3O. The molecule has 1 heterocycles. The standard InChI is InChI=1S/C14H23N3O/c1-11(2)18-9-8-15-14-12-6-4-3-5-7-13(12)16-10-17-14/h10-11H,3-9H2,1-2H3,(H,15,16,17). The molecule has 4 heteroatoms. The van der Waals surface area contributed by atoms with Gasteiger partial charge in [0.2, 0.25) is 0 Å². The van der Waals surface area contributed by atoms with Crippen molar-refractivity contribution in [3.63, 3.8) is 0 Å². The molecule has 0 fully saturated rings. The predicted octanol–water partition coefficient (Wildman–Crippen LogP) is 2.58. The lowest BCUT2D eigenvalue weighted by Crippen LogP contribution is -2.15. The molecule has 0 saturated carbocycles. The summed E-state index contributed by atoms with van der Waals surface area (Å²) in [6, 6.07) is 0. The second kappa shape index (κ2) is 6.69. The summed E-state index contributed by atoms with van der Waals surface area (Å²) in [7, 11) is 0. The molecule has 1 aliphatic rings. The lowest BCUT2D eigenvalue weighted by molar-refractivity contribution is 0.0870. The summed E-state index contributed by atoms with van der Waals surface area (Å²) in [5.41, 5.74) is 2.55. The highest BCUT2D eigenvalue weighted by Gasteiger charge is 2.13. The quantitative estimate of drug-likeness (QED) is 0.643. The topological polar surface area (TPSA) is 47.0 Å². The van der Waals surface area contributed by atoms with E-state index in [4.69, 9.17) is 4.74 Å². The van der Waals surface area contributed by atoms with Crippen LogP contribution in [0.1, 0.15) is 44.4 Å². The number of nitrogens with one attached hydrogen (secondary N) is 1. The largest absolute Gasteiger partial charge is 0.377 e. The normalized spacial score (nSPS) is 15.3. The van der Waals surface area contributed by atoms with Gasteiger partial charge in [-0.25, -0.2) is 9.97 Å². The van der Waals surface area contributed by atoms with Crippen LogP contribution < -0.4 is 5.32 Å². The average molecular weight is 249 g/mol. The van der Waals surface area contributed by atoms with Crippen molar-refractivity contribution in [3.8, 4) is 0 Å². The van der Waals surface area contributed by atoms with Gasteiger partial charge in [0.1, 0.15) is 12.1 Å². The number of nitrogens with zero attached hydrogens (tertiary/aromatic N) is 2. The van der Waals surface area contributed by atoms with E-state index < -0.39 is 0 Å². The molecule has 0 bridgehead atoms. The third-order valence-corrected chi connectivity index (χ3v) is 3.22. The monoisotopic (exact) mass is 249 g/mol. The Bertz CT molecular complexity index is 379. The molecule has 1 aromatic heterocycles. The minimum absolute atomic E-state index is 0.286. The Hall–Kier alpha value is -1.16. The van der Waals surface area contributed by atoms with Gasteiger partial charge in [-0.15, -0.1) is 0 Å². The molecule has 0 aromatic carbocycles. The van der Waals surface area contributed by atoms with Gasteiger partial charge >= 0.3 is 0 Å². The van der Waals surface area contributed by atoms with E-state index in [1.54, 1.807) is 6.33 Å². The lowest BCUT2D eigenvalue weighted by Gasteiger charge is -2.13. The van der Waals surface area contributed by atoms with Crippen LogP contribution >= 0.6 is 0 Å². The van der Waals surface area contributed by atoms with Crippen molar-refractivity contribution in [1.82, 2.24) is 9.97 Å². The summed E-state index contributed by atoms with van der Waals surface area (Å²) >= 11 is 0. The fourth-order valence-electron chi connectivity index (χ4n) is 2.31. The zero-order chi connectivity index (χ0) is 12.8. The van der Waals surface area contributed by atoms with Gasteiger partial charge in [-0.05, 0) is 39.5 Å². The van der Waals surface area contributed by atoms with Crippen LogP contribution in [0.15, 0.2) is 6.33 Å². The van der Waals surface area contributed by atoms with Crippen LogP contribution in [0, 0.1) is 0 Å². The molecule has 0 unspecified atom stereocenters. The molecule has 0 radical (unpaired) electrons. The van der Waals surface area contributed by atoms with Gasteiger partial charge in [0.15, 0.2) is 0 Å². The van der Waals surface area contributed by atoms with E-state index in [1.807, 2.05) is 0 Å². The number of rotatable bonds is 5. The van der Waals surface area contributed by atoms with E-state index in [0.717, 1.165) is 31.8 Å². The number of ether oxygens (including phenoxy) is 1. The lowest BCUT2D eigenvalue weighted by atomic mass is 10.1. The fraction of sp³-hybridized carbons (Fsp3) is 0.714. The first-order chi connectivity index (χ1) is 8.77. The van der Waals surface area contributed by atoms with Crippen molar-refractivity contribution >= 4 is 5.82 Å². The zero-order valence-electron chi connectivity index (χ0n) is 11.4. The highest BCUT2D eigenvalue weighted by atomic mass is 16.5. The molecule has 0 aliphatic heterocycles. The first-order valence-corrected chi connectivity index (χ1v) is 6.95. The molecule has 1 aliphatic carbocycles. The highest BCUT2D eigenvalue weighted by molar-refractivity contribution is 5.46. The number of aromatic nitrogens is 2. The second-order valence-corrected chi connectivity index (χ2v) is 5.05. The molecule has 2 rings (SSSR count). The van der Waals surface area contributed by atoms with E-state index in [-0.39, 0.29) is 6.10 Å². The SMILES string of the molecule is CC(C)OCCNc1ncnc2c1CCCCC2. The van der Waals surface area contributed by atoms with Gasteiger partial charge in [-0.3, -0.25) is 0 Å². The summed E-state index contributed by atoms with van der Waals surface area (Å²) in [5.74, 6) is 1.01. The summed E-state index contributed by atoms with van der Waals surface area (Å²) in [5, 5.41) is 3.38. The van der Waals surface area contributed by atoms with E-state index in [0.29, 0.717) is 0 Å². The Morgan fingerprint density at radius 3 is 2.89 bits per heavy atom. The Morgan fingerprint density at radius 2 is 2.06 bits per heavy atom. The summed E-state index contributed by atoms with van der Waals surface area (Å²) in [6.07, 6.45) is 7.95. The van der Waals surface area contributed by atoms with Crippen molar-refractivity contribution < 1.29 is 4.74 Å². The van der Waals surface area contributed by atoms with Gasteiger partial charge in [0, 0.05) is 17.8 Å². The molecule has 0 amide bonds. The maximum Gasteiger partial charge on any atom is 0.132 e. The molecule has 0 spiro atoms. The van der Waals surface area contributed by atoms with Crippen molar-refractivity contribution in [2.75, 3.05) is 18.5 Å². The summed E-state index contributed by atoms with van der Waals surface area (Å²) in [4.78, 5) is 8.79. The molecule has 4 nitrogen and oxygen atoms in total. The smallest absolute Gasteiger partial charge is 0.132 e. The van der Waals surface area contributed by atoms with Crippen LogP contribution in [0.4, 0.5) is 5.82 Å². The Kier molecular flexibility index (Phi) is 4.93. The number of hydrogen-bond donors (Lipinski definition) is 1. The average Bonchev–Trinajstić information content (AvgIpc) is 2.60. The fourth-order valence-corrected chi connectivity index (χ4v) is 2.31. The summed E-state index contributed by atoms with van der Waals surface area (Å²) in [6.45, 7) is 5.63. The van der Waals surface area contributed by atoms with Gasteiger partial charge in [-0.1, -0.05) is 6.42 Å². The first-order valence-electron chi connectivity index (χ1n) is 6.95. The van der Waals surface area contributed by atoms with Gasteiger partial charge in [0.25, 0.3) is 0 Å². The summed E-state index contributed by atoms with van der Waals surface area (Å²) < 4.78 is 5.53. The molecule has 0 saturated heterocycles. The highest BCUT2D eigenvalue weighted by Crippen LogP contribution is 2.23. The molecule has 100 valence electrons. The zero-order valence-corrected chi connectivity index (χ0v) is 11.4. The third-order valence-electron chi connectivity index (χ3n) is 3.22. The number of aryl methyl sites for hydroxylation is 1. The minimum atomic E-state index is 0.286. The number of hydrogen-bond acceptors (Lipinski definition) is 4. The van der Waals surface area contributed by atoms with E-state index >= 15 is 0 Å². The van der Waals surface area contributed by atoms with Crippen LogP contribution in [-0.4, -0.2) is 29.2 Å². The van der Waals surface area contributed by atoms with Crippen LogP contribution in [0.5, 0.6) is 0 Å². The van der Waals surface area contributed by atoms with Crippen molar-refractivity contribution in [2.45, 2.75) is 52.1 Å². The van der Waals surface area contributed by atoms with Crippen LogP contribution in [-0.2, 0) is 17.6 Å². The van der Waals surface area contributed by atoms with E-state index in [2.05, 4.69) is 29.1 Å². The van der Waals surface area contributed by atoms with Crippen LogP contribution in [0.25, 0.3) is 0 Å². The molecular weight excluding hydrogens is 226 g/mol. The third kappa shape index (κ3) is 3.67. The van der Waals surface area contributed by atoms with Gasteiger partial charge in [-0.2, -0.15) is 0 Å². The molecule has 1 aromatic rings. The van der Waals surface area contributed by atoms with Gasteiger partial charge in [0.05, 0.1) is 12.7 Å². The maximum atomic E-state index is 5.53. The van der Waals surface area contributed by atoms with Crippen molar-refractivity contribution in [2.24, 2.45) is 0 Å². The van der Waals surface area contributed by atoms with E-state index in [9.17, 15) is 0 Å². The Morgan fingerprint density at radius 1 is 1.22 bits per heavy atom. The molecule has 1 N–H and O–H groups in total. The minimum Gasteiger partial charge on any atom is -0.377 e. The van der Waals surface area contributed by atoms with Crippen molar-refractivity contribution in [1.29, 1.82) is 0 Å². The van der Waals surface area contributed by atoms with Gasteiger partial charge < -0.3 is 10.1 Å². The second-order valence-electron chi connectivity index (χ2n) is 5.05. The first kappa shape index (κ1) is 13.3. The Labute approximate surface area is 109 Å². The van der Waals surface area contributed by atoms with Crippen LogP contribution in [0.2, 0.25) is 0 Å². The van der Waals surface area contributed by atoms with Crippen LogP contribution in [0.3, 0.4) is 0 Å². The van der Waals surface area contributed by atoms with E-state index in [1.165, 1.54) is 30.5 Å². The predicted molar refractivity (Wildman–Crippen MR) is 72.9 cm³/mol. The maximum absolute atomic E-state index is 5.53. The molecule has 0 atom stereocenters.